The number of aromatic nitrogens is 2. The van der Waals surface area contributed by atoms with Gasteiger partial charge in [0.25, 0.3) is 5.89 Å². The van der Waals surface area contributed by atoms with E-state index in [2.05, 4.69) is 15.5 Å². The fourth-order valence-corrected chi connectivity index (χ4v) is 3.80. The molecule has 2 aromatic heterocycles. The Kier molecular flexibility index (Phi) is 4.35. The number of hydrogen-bond donors (Lipinski definition) is 1. The number of amides is 1. The molecule has 8 heteroatoms. The van der Waals surface area contributed by atoms with Crippen molar-refractivity contribution in [1.29, 1.82) is 0 Å². The van der Waals surface area contributed by atoms with Gasteiger partial charge in [-0.25, -0.2) is 0 Å². The predicted molar refractivity (Wildman–Crippen MR) is 101 cm³/mol. The number of nitrogens with zero attached hydrogens (tertiary/aromatic N) is 2. The molecule has 0 unspecified atom stereocenters. The fraction of sp³-hybridized carbons (Fsp3) is 0.316. The van der Waals surface area contributed by atoms with E-state index in [0.717, 1.165) is 26.8 Å². The third-order valence-electron chi connectivity index (χ3n) is 4.12. The highest BCUT2D eigenvalue weighted by Gasteiger charge is 2.28. The van der Waals surface area contributed by atoms with Crippen LogP contribution in [0, 0.1) is 0 Å². The molecule has 1 aliphatic rings. The van der Waals surface area contributed by atoms with Gasteiger partial charge < -0.3 is 19.3 Å². The summed E-state index contributed by atoms with van der Waals surface area (Å²) in [6, 6.07) is 9.85. The zero-order valence-electron chi connectivity index (χ0n) is 15.2. The first-order valence-electron chi connectivity index (χ1n) is 8.55. The first-order valence-corrected chi connectivity index (χ1v) is 9.37. The normalized spacial score (nSPS) is 13.4. The fourth-order valence-electron chi connectivity index (χ4n) is 2.88. The molecule has 140 valence electrons. The van der Waals surface area contributed by atoms with Crippen LogP contribution in [0.25, 0.3) is 21.2 Å². The van der Waals surface area contributed by atoms with Gasteiger partial charge in [0, 0.05) is 11.8 Å². The molecule has 1 aliphatic heterocycles. The van der Waals surface area contributed by atoms with Crippen LogP contribution in [0.3, 0.4) is 0 Å². The van der Waals surface area contributed by atoms with Crippen LogP contribution >= 0.6 is 11.3 Å². The molecule has 0 fully saturated rings. The first kappa shape index (κ1) is 17.5. The van der Waals surface area contributed by atoms with Crippen molar-refractivity contribution in [2.24, 2.45) is 0 Å². The number of carbonyl (C=O) groups is 1. The molecule has 0 saturated carbocycles. The molecule has 1 amide bonds. The van der Waals surface area contributed by atoms with E-state index >= 15 is 0 Å². The highest BCUT2D eigenvalue weighted by molar-refractivity contribution is 7.18. The molecular weight excluding hydrogens is 366 g/mol. The summed E-state index contributed by atoms with van der Waals surface area (Å²) >= 11 is 1.55. The van der Waals surface area contributed by atoms with Gasteiger partial charge in [-0.2, -0.15) is 4.98 Å². The molecule has 0 atom stereocenters. The Hall–Kier alpha value is -2.87. The van der Waals surface area contributed by atoms with Crippen molar-refractivity contribution in [2.75, 3.05) is 13.2 Å². The maximum atomic E-state index is 11.4. The molecule has 7 nitrogen and oxygen atoms in total. The maximum absolute atomic E-state index is 11.4. The third-order valence-corrected chi connectivity index (χ3v) is 5.24. The monoisotopic (exact) mass is 385 g/mol. The summed E-state index contributed by atoms with van der Waals surface area (Å²) in [7, 11) is 0. The number of nitrogens with one attached hydrogen (secondary N) is 1. The molecule has 27 heavy (non-hydrogen) atoms. The molecule has 0 bridgehead atoms. The van der Waals surface area contributed by atoms with Crippen LogP contribution in [0.2, 0.25) is 0 Å². The SMILES string of the molecule is CC(=O)NC(C)(C)c1noc(-c2ccc(-c3ccc4c(c3)OCCO4)s2)n1. The van der Waals surface area contributed by atoms with Gasteiger partial charge in [0.1, 0.15) is 13.2 Å². The average molecular weight is 385 g/mol. The average Bonchev–Trinajstić information content (AvgIpc) is 3.30. The second-order valence-corrected chi connectivity index (χ2v) is 7.84. The van der Waals surface area contributed by atoms with E-state index < -0.39 is 5.54 Å². The van der Waals surface area contributed by atoms with Crippen LogP contribution in [-0.4, -0.2) is 29.3 Å². The van der Waals surface area contributed by atoms with Gasteiger partial charge in [0.05, 0.1) is 10.4 Å². The molecule has 3 aromatic rings. The molecule has 0 saturated heterocycles. The maximum Gasteiger partial charge on any atom is 0.268 e. The van der Waals surface area contributed by atoms with Crippen molar-refractivity contribution >= 4 is 17.2 Å². The van der Waals surface area contributed by atoms with E-state index in [1.807, 2.05) is 44.2 Å². The molecule has 0 spiro atoms. The van der Waals surface area contributed by atoms with Gasteiger partial charge in [-0.15, -0.1) is 11.3 Å². The minimum absolute atomic E-state index is 0.150. The molecule has 0 aliphatic carbocycles. The zero-order valence-corrected chi connectivity index (χ0v) is 16.1. The molecule has 4 rings (SSSR count). The van der Waals surface area contributed by atoms with Crippen molar-refractivity contribution in [3.63, 3.8) is 0 Å². The second kappa shape index (κ2) is 6.70. The lowest BCUT2D eigenvalue weighted by Gasteiger charge is -2.20. The topological polar surface area (TPSA) is 86.5 Å². The minimum Gasteiger partial charge on any atom is -0.486 e. The predicted octanol–water partition coefficient (Wildman–Crippen LogP) is 3.61. The Bertz CT molecular complexity index is 993. The number of rotatable bonds is 4. The number of ether oxygens (including phenoxy) is 2. The summed E-state index contributed by atoms with van der Waals surface area (Å²) in [4.78, 5) is 17.7. The number of benzene rings is 1. The second-order valence-electron chi connectivity index (χ2n) is 6.75. The van der Waals surface area contributed by atoms with Crippen LogP contribution in [0.4, 0.5) is 0 Å². The van der Waals surface area contributed by atoms with Gasteiger partial charge in [-0.05, 0) is 49.7 Å². The Balaban J connectivity index is 1.59. The molecule has 3 heterocycles. The number of carbonyl (C=O) groups excluding carboxylic acids is 1. The van der Waals surface area contributed by atoms with E-state index in [-0.39, 0.29) is 5.91 Å². The van der Waals surface area contributed by atoms with Crippen molar-refractivity contribution < 1.29 is 18.8 Å². The minimum atomic E-state index is -0.705. The Morgan fingerprint density at radius 2 is 1.85 bits per heavy atom. The summed E-state index contributed by atoms with van der Waals surface area (Å²) in [6.45, 7) is 6.25. The Morgan fingerprint density at radius 3 is 2.63 bits per heavy atom. The summed E-state index contributed by atoms with van der Waals surface area (Å²) in [5, 5.41) is 6.84. The van der Waals surface area contributed by atoms with Crippen LogP contribution < -0.4 is 14.8 Å². The van der Waals surface area contributed by atoms with Gasteiger partial charge in [0.2, 0.25) is 5.91 Å². The molecule has 1 N–H and O–H groups in total. The molecule has 1 aromatic carbocycles. The smallest absolute Gasteiger partial charge is 0.268 e. The number of thiophene rings is 1. The van der Waals surface area contributed by atoms with Crippen LogP contribution in [0.15, 0.2) is 34.9 Å². The summed E-state index contributed by atoms with van der Waals surface area (Å²) < 4.78 is 16.6. The molecular formula is C19H19N3O4S. The van der Waals surface area contributed by atoms with E-state index in [4.69, 9.17) is 14.0 Å². The molecule has 0 radical (unpaired) electrons. The lowest BCUT2D eigenvalue weighted by Crippen LogP contribution is -2.40. The number of hydrogen-bond acceptors (Lipinski definition) is 7. The van der Waals surface area contributed by atoms with Gasteiger partial charge >= 0.3 is 0 Å². The van der Waals surface area contributed by atoms with Crippen LogP contribution in [-0.2, 0) is 10.3 Å². The largest absolute Gasteiger partial charge is 0.486 e. The highest BCUT2D eigenvalue weighted by Crippen LogP contribution is 2.39. The number of fused-ring (bicyclic) bond motifs is 1. The van der Waals surface area contributed by atoms with E-state index in [9.17, 15) is 4.79 Å². The van der Waals surface area contributed by atoms with Gasteiger partial charge in [-0.3, -0.25) is 4.79 Å². The van der Waals surface area contributed by atoms with Crippen molar-refractivity contribution in [3.05, 3.63) is 36.2 Å². The standard InChI is InChI=1S/C19H19N3O4S/c1-11(23)21-19(2,3)18-20-17(26-22-18)16-7-6-15(27-16)12-4-5-13-14(10-12)25-9-8-24-13/h4-7,10H,8-9H2,1-3H3,(H,21,23). The summed E-state index contributed by atoms with van der Waals surface area (Å²) in [6.07, 6.45) is 0. The van der Waals surface area contributed by atoms with Crippen LogP contribution in [0.5, 0.6) is 11.5 Å². The first-order chi connectivity index (χ1) is 12.9. The summed E-state index contributed by atoms with van der Waals surface area (Å²) in [5.74, 6) is 2.23. The zero-order chi connectivity index (χ0) is 19.0. The lowest BCUT2D eigenvalue weighted by atomic mass is 10.1. The highest BCUT2D eigenvalue weighted by atomic mass is 32.1. The van der Waals surface area contributed by atoms with E-state index in [0.29, 0.717) is 24.9 Å². The summed E-state index contributed by atoms with van der Waals surface area (Å²) in [5.41, 5.74) is 0.331. The lowest BCUT2D eigenvalue weighted by molar-refractivity contribution is -0.120. The van der Waals surface area contributed by atoms with Crippen molar-refractivity contribution in [2.45, 2.75) is 26.3 Å². The third kappa shape index (κ3) is 3.52. The van der Waals surface area contributed by atoms with Gasteiger partial charge in [-0.1, -0.05) is 5.16 Å². The van der Waals surface area contributed by atoms with Crippen LogP contribution in [0.1, 0.15) is 26.6 Å². The van der Waals surface area contributed by atoms with Gasteiger partial charge in [0.15, 0.2) is 17.3 Å². The van der Waals surface area contributed by atoms with Crippen molar-refractivity contribution in [3.8, 4) is 32.7 Å². The van der Waals surface area contributed by atoms with Crippen molar-refractivity contribution in [1.82, 2.24) is 15.5 Å². The Labute approximate surface area is 160 Å². The van der Waals surface area contributed by atoms with E-state index in [1.165, 1.54) is 6.92 Å². The Morgan fingerprint density at radius 1 is 1.11 bits per heavy atom. The quantitative estimate of drug-likeness (QED) is 0.738. The van der Waals surface area contributed by atoms with E-state index in [1.54, 1.807) is 11.3 Å².